The van der Waals surface area contributed by atoms with Gasteiger partial charge in [0.05, 0.1) is 4.92 Å². The van der Waals surface area contributed by atoms with E-state index in [9.17, 15) is 18.5 Å². The molecule has 3 atom stereocenters. The van der Waals surface area contributed by atoms with Gasteiger partial charge in [-0.25, -0.2) is 8.42 Å². The van der Waals surface area contributed by atoms with Gasteiger partial charge in [-0.15, -0.1) is 0 Å². The van der Waals surface area contributed by atoms with Gasteiger partial charge >= 0.3 is 0 Å². The Balaban J connectivity index is 1.48. The number of nitro groups is 1. The Kier molecular flexibility index (Phi) is 4.29. The van der Waals surface area contributed by atoms with Crippen LogP contribution in [0.5, 0.6) is 0 Å². The van der Waals surface area contributed by atoms with E-state index in [0.29, 0.717) is 32.2 Å². The van der Waals surface area contributed by atoms with E-state index in [1.807, 2.05) is 0 Å². The molecule has 2 bridgehead atoms. The number of para-hydroxylation sites is 1. The summed E-state index contributed by atoms with van der Waals surface area (Å²) < 4.78 is 27.1. The van der Waals surface area contributed by atoms with E-state index in [1.54, 1.807) is 0 Å². The molecular weight excluding hydrogens is 342 g/mol. The van der Waals surface area contributed by atoms with Crippen LogP contribution in [0.25, 0.3) is 0 Å². The molecule has 0 aromatic heterocycles. The van der Waals surface area contributed by atoms with Gasteiger partial charge in [-0.1, -0.05) is 18.6 Å². The third-order valence-corrected chi connectivity index (χ3v) is 8.07. The van der Waals surface area contributed by atoms with Crippen LogP contribution < -0.4 is 0 Å². The van der Waals surface area contributed by atoms with Gasteiger partial charge in [0.2, 0.25) is 10.0 Å². The SMILES string of the molecule is O=[N+]([O-])c1ccccc1S(=O)(=O)N1CCN([C@H]2C[C@@H]3CC[C@@H]2C3)CC1. The van der Waals surface area contributed by atoms with Crippen LogP contribution in [0.3, 0.4) is 0 Å². The largest absolute Gasteiger partial charge is 0.297 e. The van der Waals surface area contributed by atoms with E-state index in [0.717, 1.165) is 11.8 Å². The van der Waals surface area contributed by atoms with E-state index in [1.165, 1.54) is 54.3 Å². The maximum atomic E-state index is 12.9. The fraction of sp³-hybridized carbons (Fsp3) is 0.647. The van der Waals surface area contributed by atoms with Gasteiger partial charge in [-0.3, -0.25) is 15.0 Å². The highest BCUT2D eigenvalue weighted by Crippen LogP contribution is 2.46. The lowest BCUT2D eigenvalue weighted by atomic mass is 9.93. The first-order valence-electron chi connectivity index (χ1n) is 8.94. The van der Waals surface area contributed by atoms with Crippen molar-refractivity contribution in [2.75, 3.05) is 26.2 Å². The molecule has 1 aliphatic heterocycles. The normalized spacial score (nSPS) is 30.6. The quantitative estimate of drug-likeness (QED) is 0.603. The number of hydrogen-bond acceptors (Lipinski definition) is 5. The predicted molar refractivity (Wildman–Crippen MR) is 92.7 cm³/mol. The van der Waals surface area contributed by atoms with Crippen molar-refractivity contribution < 1.29 is 13.3 Å². The first-order chi connectivity index (χ1) is 12.0. The molecule has 8 heteroatoms. The van der Waals surface area contributed by atoms with Crippen LogP contribution in [-0.2, 0) is 10.0 Å². The van der Waals surface area contributed by atoms with Crippen molar-refractivity contribution in [2.24, 2.45) is 11.8 Å². The van der Waals surface area contributed by atoms with Gasteiger partial charge in [-0.05, 0) is 37.2 Å². The van der Waals surface area contributed by atoms with Crippen LogP contribution in [0.1, 0.15) is 25.7 Å². The first-order valence-corrected chi connectivity index (χ1v) is 10.4. The van der Waals surface area contributed by atoms with Crippen LogP contribution >= 0.6 is 0 Å². The Morgan fingerprint density at radius 1 is 1.04 bits per heavy atom. The lowest BCUT2D eigenvalue weighted by Gasteiger charge is -2.40. The van der Waals surface area contributed by atoms with Crippen LogP contribution in [0, 0.1) is 22.0 Å². The van der Waals surface area contributed by atoms with Crippen LogP contribution in [0.2, 0.25) is 0 Å². The summed E-state index contributed by atoms with van der Waals surface area (Å²) in [7, 11) is -3.83. The topological polar surface area (TPSA) is 83.8 Å². The predicted octanol–water partition coefficient (Wildman–Crippen LogP) is 2.09. The molecule has 1 aromatic rings. The summed E-state index contributed by atoms with van der Waals surface area (Å²) in [6.45, 7) is 2.24. The summed E-state index contributed by atoms with van der Waals surface area (Å²) in [5.74, 6) is 1.65. The highest BCUT2D eigenvalue weighted by molar-refractivity contribution is 7.89. The number of benzene rings is 1. The second-order valence-electron chi connectivity index (χ2n) is 7.41. The molecule has 0 unspecified atom stereocenters. The molecule has 7 nitrogen and oxygen atoms in total. The minimum Gasteiger partial charge on any atom is -0.297 e. The van der Waals surface area contributed by atoms with Crippen molar-refractivity contribution in [1.29, 1.82) is 0 Å². The van der Waals surface area contributed by atoms with Gasteiger partial charge in [-0.2, -0.15) is 4.31 Å². The van der Waals surface area contributed by atoms with E-state index in [2.05, 4.69) is 4.90 Å². The average Bonchev–Trinajstić information content (AvgIpc) is 3.25. The Morgan fingerprint density at radius 3 is 2.36 bits per heavy atom. The third kappa shape index (κ3) is 2.96. The third-order valence-electron chi connectivity index (χ3n) is 6.12. The minimum atomic E-state index is -3.83. The number of fused-ring (bicyclic) bond motifs is 2. The zero-order chi connectivity index (χ0) is 17.6. The number of hydrogen-bond donors (Lipinski definition) is 0. The highest BCUT2D eigenvalue weighted by Gasteiger charge is 2.43. The molecule has 0 N–H and O–H groups in total. The van der Waals surface area contributed by atoms with Gasteiger partial charge in [0.15, 0.2) is 4.90 Å². The molecule has 1 saturated heterocycles. The highest BCUT2D eigenvalue weighted by atomic mass is 32.2. The zero-order valence-corrected chi connectivity index (χ0v) is 14.9. The number of nitrogens with zero attached hydrogens (tertiary/aromatic N) is 3. The minimum absolute atomic E-state index is 0.201. The summed E-state index contributed by atoms with van der Waals surface area (Å²) in [5, 5.41) is 11.2. The molecule has 0 amide bonds. The second kappa shape index (κ2) is 6.34. The van der Waals surface area contributed by atoms with Crippen LogP contribution in [0.15, 0.2) is 29.2 Å². The standard InChI is InChI=1S/C17H23N3O4S/c21-20(22)15-3-1-2-4-17(15)25(23,24)19-9-7-18(8-10-19)16-12-13-5-6-14(16)11-13/h1-4,13-14,16H,5-12H2/t13-,14-,16+/m1/s1. The van der Waals surface area contributed by atoms with Gasteiger partial charge < -0.3 is 0 Å². The molecule has 3 fully saturated rings. The average molecular weight is 365 g/mol. The number of nitro benzene ring substituents is 1. The summed E-state index contributed by atoms with van der Waals surface area (Å²) >= 11 is 0. The first kappa shape index (κ1) is 16.9. The summed E-state index contributed by atoms with van der Waals surface area (Å²) in [5.41, 5.74) is -0.349. The Morgan fingerprint density at radius 2 is 1.76 bits per heavy atom. The monoisotopic (exact) mass is 365 g/mol. The molecule has 1 aromatic carbocycles. The van der Waals surface area contributed by atoms with Gasteiger partial charge in [0.25, 0.3) is 5.69 Å². The molecular formula is C17H23N3O4S. The van der Waals surface area contributed by atoms with Crippen molar-refractivity contribution in [1.82, 2.24) is 9.21 Å². The lowest BCUT2D eigenvalue weighted by molar-refractivity contribution is -0.387. The van der Waals surface area contributed by atoms with E-state index >= 15 is 0 Å². The van der Waals surface area contributed by atoms with Gasteiger partial charge in [0, 0.05) is 38.3 Å². The van der Waals surface area contributed by atoms with Crippen molar-refractivity contribution in [3.63, 3.8) is 0 Å². The van der Waals surface area contributed by atoms with E-state index in [4.69, 9.17) is 0 Å². The number of rotatable bonds is 4. The van der Waals surface area contributed by atoms with E-state index < -0.39 is 14.9 Å². The molecule has 25 heavy (non-hydrogen) atoms. The Labute approximate surface area is 147 Å². The van der Waals surface area contributed by atoms with Crippen molar-refractivity contribution in [2.45, 2.75) is 36.6 Å². The molecule has 136 valence electrons. The fourth-order valence-corrected chi connectivity index (χ4v) is 6.48. The number of sulfonamides is 1. The maximum absolute atomic E-state index is 12.9. The van der Waals surface area contributed by atoms with Crippen LogP contribution in [-0.4, -0.2) is 54.8 Å². The van der Waals surface area contributed by atoms with Crippen LogP contribution in [0.4, 0.5) is 5.69 Å². The second-order valence-corrected chi connectivity index (χ2v) is 9.31. The van der Waals surface area contributed by atoms with Crippen molar-refractivity contribution in [3.05, 3.63) is 34.4 Å². The fourth-order valence-electron chi connectivity index (χ4n) is 4.90. The summed E-state index contributed by atoms with van der Waals surface area (Å²) in [4.78, 5) is 12.8. The smallest absolute Gasteiger partial charge is 0.289 e. The zero-order valence-electron chi connectivity index (χ0n) is 14.1. The number of piperazine rings is 1. The Bertz CT molecular complexity index is 774. The Hall–Kier alpha value is -1.51. The molecule has 1 heterocycles. The summed E-state index contributed by atoms with van der Waals surface area (Å²) in [6, 6.07) is 6.21. The maximum Gasteiger partial charge on any atom is 0.289 e. The summed E-state index contributed by atoms with van der Waals surface area (Å²) in [6.07, 6.45) is 5.25. The van der Waals surface area contributed by atoms with Crippen molar-refractivity contribution >= 4 is 15.7 Å². The molecule has 0 radical (unpaired) electrons. The van der Waals surface area contributed by atoms with Crippen molar-refractivity contribution in [3.8, 4) is 0 Å². The molecule has 2 saturated carbocycles. The van der Waals surface area contributed by atoms with Gasteiger partial charge in [0.1, 0.15) is 0 Å². The molecule has 4 rings (SSSR count). The molecule has 3 aliphatic rings. The lowest BCUT2D eigenvalue weighted by Crippen LogP contribution is -2.53. The molecule has 2 aliphatic carbocycles. The molecule has 0 spiro atoms. The van der Waals surface area contributed by atoms with E-state index in [-0.39, 0.29) is 10.6 Å².